The van der Waals surface area contributed by atoms with Gasteiger partial charge in [-0.2, -0.15) is 0 Å². The molecule has 3 N–H and O–H groups in total. The zero-order valence-corrected chi connectivity index (χ0v) is 17.7. The van der Waals surface area contributed by atoms with Gasteiger partial charge in [-0.15, -0.1) is 0 Å². The Hall–Kier alpha value is -4.50. The fourth-order valence-corrected chi connectivity index (χ4v) is 4.91. The van der Waals surface area contributed by atoms with E-state index in [0.29, 0.717) is 5.39 Å². The smallest absolute Gasteiger partial charge is 0.124 e. The summed E-state index contributed by atoms with van der Waals surface area (Å²) in [6, 6.07) is 32.3. The van der Waals surface area contributed by atoms with Crippen LogP contribution in [0.3, 0.4) is 0 Å². The van der Waals surface area contributed by atoms with E-state index < -0.39 is 0 Å². The van der Waals surface area contributed by atoms with Gasteiger partial charge in [0.15, 0.2) is 0 Å². The van der Waals surface area contributed by atoms with Crippen LogP contribution in [0.25, 0.3) is 54.6 Å². The minimum Gasteiger partial charge on any atom is -0.508 e. The van der Waals surface area contributed by atoms with Crippen molar-refractivity contribution < 1.29 is 15.3 Å². The molecule has 3 nitrogen and oxygen atoms in total. The summed E-state index contributed by atoms with van der Waals surface area (Å²) in [5.74, 6) is 0.566. The highest BCUT2D eigenvalue weighted by Gasteiger charge is 2.17. The van der Waals surface area contributed by atoms with Crippen LogP contribution >= 0.6 is 0 Å². The number of rotatable bonds is 2. The van der Waals surface area contributed by atoms with Crippen LogP contribution in [-0.4, -0.2) is 15.3 Å². The number of phenols is 3. The molecule has 0 saturated heterocycles. The van der Waals surface area contributed by atoms with E-state index in [2.05, 4.69) is 0 Å². The van der Waals surface area contributed by atoms with Gasteiger partial charge in [-0.05, 0) is 68.1 Å². The zero-order valence-electron chi connectivity index (χ0n) is 17.7. The molecule has 0 aliphatic carbocycles. The molecule has 0 fully saturated rings. The first-order valence-electron chi connectivity index (χ1n) is 10.8. The van der Waals surface area contributed by atoms with E-state index in [1.807, 2.05) is 78.9 Å². The first-order chi connectivity index (χ1) is 16.1. The molecule has 0 aromatic heterocycles. The maximum Gasteiger partial charge on any atom is 0.124 e. The van der Waals surface area contributed by atoms with Crippen LogP contribution in [0.1, 0.15) is 0 Å². The number of hydrogen-bond donors (Lipinski definition) is 3. The van der Waals surface area contributed by atoms with Crippen LogP contribution in [0.4, 0.5) is 0 Å². The second kappa shape index (κ2) is 7.28. The van der Waals surface area contributed by atoms with Crippen molar-refractivity contribution in [1.29, 1.82) is 0 Å². The van der Waals surface area contributed by atoms with Crippen LogP contribution in [-0.2, 0) is 0 Å². The third-order valence-electron chi connectivity index (χ3n) is 6.33. The van der Waals surface area contributed by atoms with E-state index in [0.717, 1.165) is 49.2 Å². The van der Waals surface area contributed by atoms with E-state index in [1.54, 1.807) is 24.3 Å². The van der Waals surface area contributed by atoms with Crippen molar-refractivity contribution in [1.82, 2.24) is 0 Å². The van der Waals surface area contributed by atoms with Crippen molar-refractivity contribution >= 4 is 32.3 Å². The van der Waals surface area contributed by atoms with Crippen molar-refractivity contribution in [2.45, 2.75) is 0 Å². The summed E-state index contributed by atoms with van der Waals surface area (Å²) in [5, 5.41) is 37.3. The van der Waals surface area contributed by atoms with Gasteiger partial charge < -0.3 is 15.3 Å². The van der Waals surface area contributed by atoms with Crippen molar-refractivity contribution in [3.8, 4) is 39.5 Å². The molecule has 0 spiro atoms. The maximum absolute atomic E-state index is 11.0. The van der Waals surface area contributed by atoms with Crippen LogP contribution < -0.4 is 0 Å². The Morgan fingerprint density at radius 3 is 1.85 bits per heavy atom. The van der Waals surface area contributed by atoms with Gasteiger partial charge in [0.25, 0.3) is 0 Å². The van der Waals surface area contributed by atoms with Crippen LogP contribution in [0.2, 0.25) is 0 Å². The lowest BCUT2D eigenvalue weighted by Crippen LogP contribution is -1.89. The number of benzene rings is 6. The van der Waals surface area contributed by atoms with Crippen LogP contribution in [0, 0.1) is 0 Å². The lowest BCUT2D eigenvalue weighted by atomic mass is 9.88. The average molecular weight is 428 g/mol. The molecule has 0 atom stereocenters. The normalized spacial score (nSPS) is 11.4. The third-order valence-corrected chi connectivity index (χ3v) is 6.33. The van der Waals surface area contributed by atoms with E-state index in [-0.39, 0.29) is 17.2 Å². The second-order valence-corrected chi connectivity index (χ2v) is 8.26. The highest BCUT2D eigenvalue weighted by atomic mass is 16.3. The molecule has 3 heteroatoms. The Bertz CT molecular complexity index is 1690. The molecule has 0 aliphatic rings. The number of aromatic hydroxyl groups is 3. The Morgan fingerprint density at radius 1 is 0.394 bits per heavy atom. The summed E-state index contributed by atoms with van der Waals surface area (Å²) in [4.78, 5) is 0. The van der Waals surface area contributed by atoms with Gasteiger partial charge in [-0.1, -0.05) is 78.9 Å². The molecular formula is C30H20O3. The molecule has 0 radical (unpaired) electrons. The maximum atomic E-state index is 11.0. The number of fused-ring (bicyclic) bond motifs is 3. The van der Waals surface area contributed by atoms with Crippen LogP contribution in [0.5, 0.6) is 17.2 Å². The quantitative estimate of drug-likeness (QED) is 0.266. The van der Waals surface area contributed by atoms with Crippen LogP contribution in [0.15, 0.2) is 103 Å². The van der Waals surface area contributed by atoms with Crippen molar-refractivity contribution in [3.05, 3.63) is 103 Å². The van der Waals surface area contributed by atoms with Gasteiger partial charge in [0.1, 0.15) is 17.2 Å². The topological polar surface area (TPSA) is 60.7 Å². The second-order valence-electron chi connectivity index (χ2n) is 8.26. The molecule has 0 amide bonds. The summed E-state index contributed by atoms with van der Waals surface area (Å²) in [6.07, 6.45) is 0. The van der Waals surface area contributed by atoms with E-state index in [4.69, 9.17) is 0 Å². The Kier molecular flexibility index (Phi) is 4.24. The highest BCUT2D eigenvalue weighted by molar-refractivity contribution is 6.15. The van der Waals surface area contributed by atoms with Gasteiger partial charge in [-0.3, -0.25) is 0 Å². The zero-order chi connectivity index (χ0) is 22.5. The Labute approximate surface area is 190 Å². The molecule has 0 saturated carbocycles. The summed E-state index contributed by atoms with van der Waals surface area (Å²) < 4.78 is 0. The first-order valence-corrected chi connectivity index (χ1v) is 10.8. The fraction of sp³-hybridized carbons (Fsp3) is 0. The molecular weight excluding hydrogens is 408 g/mol. The van der Waals surface area contributed by atoms with E-state index in [1.165, 1.54) is 0 Å². The highest BCUT2D eigenvalue weighted by Crippen LogP contribution is 2.45. The van der Waals surface area contributed by atoms with E-state index >= 15 is 0 Å². The molecule has 0 aliphatic heterocycles. The molecule has 0 bridgehead atoms. The standard InChI is InChI=1S/C30H20O3/c31-20-16-19-6-1-2-9-21(19)26(17-20)25-15-14-22(24-11-5-13-28(33)30(24)25)23-10-3-7-18-8-4-12-27(32)29(18)23/h1-17,31-33H. The van der Waals surface area contributed by atoms with Gasteiger partial charge in [0.2, 0.25) is 0 Å². The fourth-order valence-electron chi connectivity index (χ4n) is 4.91. The summed E-state index contributed by atoms with van der Waals surface area (Å²) in [6.45, 7) is 0. The van der Waals surface area contributed by atoms with Gasteiger partial charge >= 0.3 is 0 Å². The molecule has 158 valence electrons. The number of phenolic OH excluding ortho intramolecular Hbond substituents is 3. The van der Waals surface area contributed by atoms with E-state index in [9.17, 15) is 15.3 Å². The SMILES string of the molecule is Oc1cc(-c2ccc(-c3cccc4cccc(O)c34)c3cccc(O)c23)c2ccccc2c1. The van der Waals surface area contributed by atoms with Crippen molar-refractivity contribution in [2.75, 3.05) is 0 Å². The molecule has 0 heterocycles. The molecule has 0 unspecified atom stereocenters. The first kappa shape index (κ1) is 19.2. The number of hydrogen-bond acceptors (Lipinski definition) is 3. The summed E-state index contributed by atoms with van der Waals surface area (Å²) in [7, 11) is 0. The van der Waals surface area contributed by atoms with Gasteiger partial charge in [-0.25, -0.2) is 0 Å². The lowest BCUT2D eigenvalue weighted by Gasteiger charge is -2.16. The van der Waals surface area contributed by atoms with Gasteiger partial charge in [0, 0.05) is 10.8 Å². The average Bonchev–Trinajstić information content (AvgIpc) is 2.83. The predicted molar refractivity (Wildman–Crippen MR) is 135 cm³/mol. The lowest BCUT2D eigenvalue weighted by molar-refractivity contribution is 0.476. The van der Waals surface area contributed by atoms with Gasteiger partial charge in [0.05, 0.1) is 0 Å². The monoisotopic (exact) mass is 428 g/mol. The summed E-state index contributed by atoms with van der Waals surface area (Å²) in [5.41, 5.74) is 3.50. The predicted octanol–water partition coefficient (Wildman–Crippen LogP) is 7.60. The minimum atomic E-state index is 0.168. The van der Waals surface area contributed by atoms with Crippen molar-refractivity contribution in [3.63, 3.8) is 0 Å². The molecule has 6 aromatic rings. The summed E-state index contributed by atoms with van der Waals surface area (Å²) >= 11 is 0. The Balaban J connectivity index is 1.73. The van der Waals surface area contributed by atoms with Crippen molar-refractivity contribution in [2.24, 2.45) is 0 Å². The Morgan fingerprint density at radius 2 is 1.00 bits per heavy atom. The molecule has 6 rings (SSSR count). The third kappa shape index (κ3) is 2.98. The minimum absolute atomic E-state index is 0.168. The largest absolute Gasteiger partial charge is 0.508 e. The molecule has 6 aromatic carbocycles. The molecule has 33 heavy (non-hydrogen) atoms.